The number of aryl methyl sites for hydroxylation is 1. The van der Waals surface area contributed by atoms with Crippen LogP contribution in [0.3, 0.4) is 0 Å². The van der Waals surface area contributed by atoms with Crippen molar-refractivity contribution in [3.05, 3.63) is 5.76 Å². The molecule has 0 aliphatic heterocycles. The molecule has 72 valence electrons. The van der Waals surface area contributed by atoms with Gasteiger partial charge in [-0.3, -0.25) is 5.32 Å². The lowest BCUT2D eigenvalue weighted by molar-refractivity contribution is 0.250. The molecule has 0 saturated carbocycles. The molecule has 0 saturated heterocycles. The molecule has 2 N–H and O–H groups in total. The van der Waals surface area contributed by atoms with Crippen LogP contribution in [-0.2, 0) is 0 Å². The Morgan fingerprint density at radius 3 is 2.69 bits per heavy atom. The van der Waals surface area contributed by atoms with E-state index in [0.717, 1.165) is 0 Å². The van der Waals surface area contributed by atoms with Crippen molar-refractivity contribution in [2.24, 2.45) is 0 Å². The highest BCUT2D eigenvalue weighted by molar-refractivity contribution is 5.88. The van der Waals surface area contributed by atoms with Crippen LogP contribution >= 0.6 is 0 Å². The monoisotopic (exact) mass is 184 g/mol. The Bertz CT molecular complexity index is 294. The van der Waals surface area contributed by atoms with Crippen LogP contribution in [0.25, 0.3) is 0 Å². The molecule has 1 heterocycles. The van der Waals surface area contributed by atoms with Crippen molar-refractivity contribution in [2.75, 3.05) is 5.32 Å². The summed E-state index contributed by atoms with van der Waals surface area (Å²) in [7, 11) is 0. The first-order valence-corrected chi connectivity index (χ1v) is 3.96. The molecule has 0 fully saturated rings. The third kappa shape index (κ3) is 2.73. The van der Waals surface area contributed by atoms with Gasteiger partial charge in [0, 0.05) is 18.2 Å². The first-order chi connectivity index (χ1) is 6.09. The molecule has 0 spiro atoms. The Morgan fingerprint density at radius 1 is 1.54 bits per heavy atom. The fraction of sp³-hybridized carbons (Fsp3) is 0.571. The van der Waals surface area contributed by atoms with Crippen LogP contribution in [0.1, 0.15) is 19.6 Å². The number of carbonyl (C=O) groups excluding carboxylic acids is 1. The van der Waals surface area contributed by atoms with Crippen LogP contribution in [-0.4, -0.2) is 22.4 Å². The average Bonchev–Trinajstić information content (AvgIpc) is 2.34. The molecular formula is C7H12N4O2. The van der Waals surface area contributed by atoms with E-state index in [4.69, 9.17) is 0 Å². The Kier molecular flexibility index (Phi) is 2.84. The van der Waals surface area contributed by atoms with E-state index in [1.165, 1.54) is 0 Å². The van der Waals surface area contributed by atoms with E-state index in [1.54, 1.807) is 6.92 Å². The second-order valence-corrected chi connectivity index (χ2v) is 2.93. The Hall–Kier alpha value is -1.59. The van der Waals surface area contributed by atoms with Crippen LogP contribution in [0.4, 0.5) is 10.6 Å². The summed E-state index contributed by atoms with van der Waals surface area (Å²) in [4.78, 5) is 11.1. The summed E-state index contributed by atoms with van der Waals surface area (Å²) >= 11 is 0. The molecule has 0 aromatic carbocycles. The minimum absolute atomic E-state index is 0.0835. The minimum Gasteiger partial charge on any atom is -0.340 e. The van der Waals surface area contributed by atoms with Gasteiger partial charge >= 0.3 is 6.03 Å². The van der Waals surface area contributed by atoms with Crippen molar-refractivity contribution in [3.8, 4) is 0 Å². The second-order valence-electron chi connectivity index (χ2n) is 2.93. The summed E-state index contributed by atoms with van der Waals surface area (Å²) in [6, 6.07) is -0.228. The fourth-order valence-corrected chi connectivity index (χ4v) is 0.755. The van der Waals surface area contributed by atoms with E-state index in [1.807, 2.05) is 13.8 Å². The maximum atomic E-state index is 11.1. The molecule has 1 aromatic heterocycles. The van der Waals surface area contributed by atoms with Gasteiger partial charge in [-0.05, 0) is 13.8 Å². The van der Waals surface area contributed by atoms with E-state index >= 15 is 0 Å². The predicted octanol–water partition coefficient (Wildman–Crippen LogP) is 0.908. The number of urea groups is 1. The highest BCUT2D eigenvalue weighted by Crippen LogP contribution is 2.07. The summed E-state index contributed by atoms with van der Waals surface area (Å²) in [5.74, 6) is 0.831. The van der Waals surface area contributed by atoms with E-state index < -0.39 is 0 Å². The smallest absolute Gasteiger partial charge is 0.320 e. The van der Waals surface area contributed by atoms with E-state index in [2.05, 4.69) is 25.5 Å². The molecule has 0 atom stereocenters. The molecule has 0 bridgehead atoms. The lowest BCUT2D eigenvalue weighted by Gasteiger charge is -2.07. The van der Waals surface area contributed by atoms with Crippen LogP contribution in [0.15, 0.2) is 4.52 Å². The molecule has 2 amide bonds. The largest absolute Gasteiger partial charge is 0.340 e. The molecule has 6 heteroatoms. The lowest BCUT2D eigenvalue weighted by Crippen LogP contribution is -2.34. The standard InChI is InChI=1S/C7H12N4O2/c1-4(2)8-7(12)9-6-5(3)13-11-10-6/h4H,1-3H3,(H2,8,9,12). The van der Waals surface area contributed by atoms with Crippen LogP contribution in [0.2, 0.25) is 0 Å². The normalized spacial score (nSPS) is 10.2. The number of nitrogens with one attached hydrogen (secondary N) is 2. The van der Waals surface area contributed by atoms with Crippen molar-refractivity contribution < 1.29 is 9.32 Å². The highest BCUT2D eigenvalue weighted by Gasteiger charge is 2.09. The van der Waals surface area contributed by atoms with Crippen molar-refractivity contribution in [1.82, 2.24) is 15.7 Å². The maximum Gasteiger partial charge on any atom is 0.320 e. The van der Waals surface area contributed by atoms with Gasteiger partial charge in [-0.25, -0.2) is 4.79 Å². The summed E-state index contributed by atoms with van der Waals surface area (Å²) in [6.07, 6.45) is 0. The number of rotatable bonds is 2. The number of amides is 2. The quantitative estimate of drug-likeness (QED) is 0.715. The summed E-state index contributed by atoms with van der Waals surface area (Å²) in [5, 5.41) is 12.0. The van der Waals surface area contributed by atoms with Crippen molar-refractivity contribution in [3.63, 3.8) is 0 Å². The minimum atomic E-state index is -0.311. The van der Waals surface area contributed by atoms with Gasteiger partial charge in [0.05, 0.1) is 0 Å². The SMILES string of the molecule is Cc1onnc1NC(=O)NC(C)C. The zero-order valence-corrected chi connectivity index (χ0v) is 7.79. The first-order valence-electron chi connectivity index (χ1n) is 3.96. The number of nitrogens with zero attached hydrogens (tertiary/aromatic N) is 2. The topological polar surface area (TPSA) is 80.1 Å². The molecular weight excluding hydrogens is 172 g/mol. The van der Waals surface area contributed by atoms with Crippen molar-refractivity contribution in [2.45, 2.75) is 26.8 Å². The summed E-state index contributed by atoms with van der Waals surface area (Å²) < 4.78 is 4.67. The molecule has 0 unspecified atom stereocenters. The molecule has 0 aliphatic rings. The van der Waals surface area contributed by atoms with Gasteiger partial charge < -0.3 is 9.84 Å². The van der Waals surface area contributed by atoms with Crippen LogP contribution < -0.4 is 10.6 Å². The molecule has 0 radical (unpaired) electrons. The van der Waals surface area contributed by atoms with E-state index in [-0.39, 0.29) is 12.1 Å². The third-order valence-corrected chi connectivity index (χ3v) is 1.30. The predicted molar refractivity (Wildman–Crippen MR) is 46.3 cm³/mol. The zero-order chi connectivity index (χ0) is 9.84. The molecule has 6 nitrogen and oxygen atoms in total. The molecule has 13 heavy (non-hydrogen) atoms. The van der Waals surface area contributed by atoms with Gasteiger partial charge in [-0.1, -0.05) is 5.10 Å². The lowest BCUT2D eigenvalue weighted by atomic mass is 10.4. The van der Waals surface area contributed by atoms with Crippen molar-refractivity contribution in [1.29, 1.82) is 0 Å². The number of anilines is 1. The molecule has 0 aliphatic carbocycles. The second kappa shape index (κ2) is 3.88. The third-order valence-electron chi connectivity index (χ3n) is 1.30. The zero-order valence-electron chi connectivity index (χ0n) is 7.79. The van der Waals surface area contributed by atoms with Gasteiger partial charge in [0.15, 0.2) is 5.76 Å². The van der Waals surface area contributed by atoms with Gasteiger partial charge in [0.2, 0.25) is 5.82 Å². The van der Waals surface area contributed by atoms with Crippen molar-refractivity contribution >= 4 is 11.8 Å². The van der Waals surface area contributed by atoms with Gasteiger partial charge in [-0.2, -0.15) is 0 Å². The van der Waals surface area contributed by atoms with E-state index in [0.29, 0.717) is 11.6 Å². The van der Waals surface area contributed by atoms with Gasteiger partial charge in [0.1, 0.15) is 0 Å². The van der Waals surface area contributed by atoms with Crippen LogP contribution in [0.5, 0.6) is 0 Å². The Labute approximate surface area is 75.7 Å². The number of aromatic nitrogens is 2. The maximum absolute atomic E-state index is 11.1. The first kappa shape index (κ1) is 9.50. The molecule has 1 aromatic rings. The van der Waals surface area contributed by atoms with Gasteiger partial charge in [-0.15, -0.1) is 0 Å². The average molecular weight is 184 g/mol. The molecule has 1 rings (SSSR count). The fourth-order valence-electron chi connectivity index (χ4n) is 0.755. The summed E-state index contributed by atoms with van der Waals surface area (Å²) in [5.41, 5.74) is 0. The van der Waals surface area contributed by atoms with Crippen LogP contribution in [0, 0.1) is 6.92 Å². The number of hydrogen-bond donors (Lipinski definition) is 2. The summed E-state index contributed by atoms with van der Waals surface area (Å²) in [6.45, 7) is 5.41. The Morgan fingerprint density at radius 2 is 2.23 bits per heavy atom. The highest BCUT2D eigenvalue weighted by atomic mass is 16.5. The number of carbonyl (C=O) groups is 1. The Balaban J connectivity index is 2.50. The number of hydrogen-bond acceptors (Lipinski definition) is 4. The van der Waals surface area contributed by atoms with Gasteiger partial charge in [0.25, 0.3) is 0 Å². The van der Waals surface area contributed by atoms with E-state index in [9.17, 15) is 4.79 Å².